The van der Waals surface area contributed by atoms with Crippen molar-refractivity contribution < 1.29 is 14.3 Å². The molecule has 0 aliphatic heterocycles. The Bertz CT molecular complexity index is 586. The van der Waals surface area contributed by atoms with Crippen LogP contribution in [0.5, 0.6) is 0 Å². The topological polar surface area (TPSA) is 75.4 Å². The molecule has 0 bridgehead atoms. The van der Waals surface area contributed by atoms with E-state index in [9.17, 15) is 9.90 Å². The molecule has 2 N–H and O–H groups in total. The number of carbonyl (C=O) groups is 1. The quantitative estimate of drug-likeness (QED) is 0.898. The Labute approximate surface area is 115 Å². The van der Waals surface area contributed by atoms with Gasteiger partial charge in [0, 0.05) is 5.38 Å². The molecule has 5 nitrogen and oxygen atoms in total. The predicted molar refractivity (Wildman–Crippen MR) is 72.2 cm³/mol. The van der Waals surface area contributed by atoms with Crippen LogP contribution in [0.25, 0.3) is 0 Å². The van der Waals surface area contributed by atoms with Gasteiger partial charge in [-0.2, -0.15) is 4.37 Å². The van der Waals surface area contributed by atoms with Crippen molar-refractivity contribution in [2.75, 3.05) is 6.54 Å². The fraction of sp³-hybridized carbons (Fsp3) is 0.385. The number of rotatable bonds is 4. The first-order chi connectivity index (χ1) is 8.90. The average Bonchev–Trinajstić information content (AvgIpc) is 2.95. The molecular formula is C13H16N2O3S. The molecule has 2 aromatic heterocycles. The fourth-order valence-corrected chi connectivity index (χ4v) is 2.36. The van der Waals surface area contributed by atoms with Crippen molar-refractivity contribution >= 4 is 17.4 Å². The van der Waals surface area contributed by atoms with E-state index in [1.54, 1.807) is 38.3 Å². The largest absolute Gasteiger partial charge is 0.463 e. The third kappa shape index (κ3) is 3.02. The van der Waals surface area contributed by atoms with Crippen molar-refractivity contribution in [2.24, 2.45) is 0 Å². The second kappa shape index (κ2) is 5.14. The summed E-state index contributed by atoms with van der Waals surface area (Å²) in [6, 6.07) is 3.48. The summed E-state index contributed by atoms with van der Waals surface area (Å²) >= 11 is 1.24. The number of hydrogen-bond acceptors (Lipinski definition) is 5. The zero-order valence-corrected chi connectivity index (χ0v) is 11.9. The third-order valence-electron chi connectivity index (χ3n) is 2.86. The highest BCUT2D eigenvalue weighted by atomic mass is 32.1. The second-order valence-corrected chi connectivity index (χ2v) is 5.31. The molecule has 0 spiro atoms. The number of aliphatic hydroxyl groups is 1. The van der Waals surface area contributed by atoms with Crippen molar-refractivity contribution in [3.05, 3.63) is 40.3 Å². The lowest BCUT2D eigenvalue weighted by Gasteiger charge is -2.21. The Morgan fingerprint density at radius 1 is 1.53 bits per heavy atom. The smallest absolute Gasteiger partial charge is 0.254 e. The van der Waals surface area contributed by atoms with Gasteiger partial charge < -0.3 is 14.8 Å². The van der Waals surface area contributed by atoms with Gasteiger partial charge in [0.15, 0.2) is 0 Å². The number of carbonyl (C=O) groups excluding carboxylic acids is 1. The Kier molecular flexibility index (Phi) is 3.73. The molecular weight excluding hydrogens is 264 g/mol. The lowest BCUT2D eigenvalue weighted by atomic mass is 10.0. The molecule has 0 aromatic carbocycles. The number of aryl methyl sites for hydroxylation is 2. The molecule has 0 aliphatic rings. The van der Waals surface area contributed by atoms with E-state index in [1.165, 1.54) is 11.5 Å². The number of hydrogen-bond donors (Lipinski definition) is 2. The Balaban J connectivity index is 2.02. The Morgan fingerprint density at radius 2 is 2.26 bits per heavy atom. The van der Waals surface area contributed by atoms with Crippen molar-refractivity contribution in [3.63, 3.8) is 0 Å². The summed E-state index contributed by atoms with van der Waals surface area (Å²) in [5.74, 6) is 0.916. The van der Waals surface area contributed by atoms with Crippen LogP contribution in [-0.2, 0) is 5.60 Å². The zero-order valence-electron chi connectivity index (χ0n) is 11.1. The molecule has 2 rings (SSSR count). The Morgan fingerprint density at radius 3 is 2.79 bits per heavy atom. The number of amides is 1. The van der Waals surface area contributed by atoms with Crippen LogP contribution in [0.3, 0.4) is 0 Å². The van der Waals surface area contributed by atoms with Gasteiger partial charge in [0.1, 0.15) is 17.1 Å². The van der Waals surface area contributed by atoms with Gasteiger partial charge in [0.05, 0.1) is 17.8 Å². The van der Waals surface area contributed by atoms with Crippen LogP contribution >= 0.6 is 11.5 Å². The number of furan rings is 1. The minimum atomic E-state index is -1.23. The molecule has 0 saturated heterocycles. The van der Waals surface area contributed by atoms with E-state index in [0.29, 0.717) is 17.0 Å². The summed E-state index contributed by atoms with van der Waals surface area (Å²) in [5, 5.41) is 14.7. The van der Waals surface area contributed by atoms with Crippen LogP contribution in [0.1, 0.15) is 34.5 Å². The van der Waals surface area contributed by atoms with Gasteiger partial charge >= 0.3 is 0 Å². The highest BCUT2D eigenvalue weighted by Gasteiger charge is 2.27. The highest BCUT2D eigenvalue weighted by molar-refractivity contribution is 7.03. The first-order valence-electron chi connectivity index (χ1n) is 5.88. The summed E-state index contributed by atoms with van der Waals surface area (Å²) in [4.78, 5) is 11.9. The maximum Gasteiger partial charge on any atom is 0.254 e. The molecule has 1 atom stereocenters. The molecule has 6 heteroatoms. The molecule has 1 unspecified atom stereocenters. The van der Waals surface area contributed by atoms with Gasteiger partial charge in [-0.3, -0.25) is 4.79 Å². The summed E-state index contributed by atoms with van der Waals surface area (Å²) < 4.78 is 9.43. The molecule has 0 fully saturated rings. The van der Waals surface area contributed by atoms with Crippen molar-refractivity contribution in [1.82, 2.24) is 9.69 Å². The fourth-order valence-electron chi connectivity index (χ4n) is 1.67. The highest BCUT2D eigenvalue weighted by Crippen LogP contribution is 2.22. The van der Waals surface area contributed by atoms with Crippen LogP contribution in [-0.4, -0.2) is 21.9 Å². The van der Waals surface area contributed by atoms with Crippen LogP contribution in [0.4, 0.5) is 0 Å². The standard InChI is InChI=1S/C13H16N2O3S/c1-8-4-5-11(18-8)13(3,17)7-14-12(16)10-6-19-15-9(10)2/h4-6,17H,7H2,1-3H3,(H,14,16). The van der Waals surface area contributed by atoms with E-state index in [4.69, 9.17) is 4.42 Å². The molecule has 19 heavy (non-hydrogen) atoms. The van der Waals surface area contributed by atoms with Crippen LogP contribution in [0.15, 0.2) is 21.9 Å². The van der Waals surface area contributed by atoms with Crippen LogP contribution in [0.2, 0.25) is 0 Å². The van der Waals surface area contributed by atoms with Gasteiger partial charge in [0.25, 0.3) is 5.91 Å². The lowest BCUT2D eigenvalue weighted by Crippen LogP contribution is -2.38. The predicted octanol–water partition coefficient (Wildman–Crippen LogP) is 1.99. The monoisotopic (exact) mass is 280 g/mol. The number of nitrogens with one attached hydrogen (secondary N) is 1. The van der Waals surface area contributed by atoms with Crippen molar-refractivity contribution in [3.8, 4) is 0 Å². The second-order valence-electron chi connectivity index (χ2n) is 4.68. The van der Waals surface area contributed by atoms with Gasteiger partial charge in [-0.15, -0.1) is 0 Å². The van der Waals surface area contributed by atoms with Crippen molar-refractivity contribution in [1.29, 1.82) is 0 Å². The summed E-state index contributed by atoms with van der Waals surface area (Å²) in [7, 11) is 0. The van der Waals surface area contributed by atoms with Gasteiger partial charge in [0.2, 0.25) is 0 Å². The molecule has 0 saturated carbocycles. The number of nitrogens with zero attached hydrogens (tertiary/aromatic N) is 1. The van der Waals surface area contributed by atoms with Gasteiger partial charge in [-0.25, -0.2) is 0 Å². The number of aromatic nitrogens is 1. The van der Waals surface area contributed by atoms with Gasteiger partial charge in [-0.1, -0.05) is 0 Å². The summed E-state index contributed by atoms with van der Waals surface area (Å²) in [6.45, 7) is 5.26. The van der Waals surface area contributed by atoms with E-state index >= 15 is 0 Å². The van der Waals surface area contributed by atoms with E-state index in [2.05, 4.69) is 9.69 Å². The summed E-state index contributed by atoms with van der Waals surface area (Å²) in [5.41, 5.74) is -0.00576. The summed E-state index contributed by atoms with van der Waals surface area (Å²) in [6.07, 6.45) is 0. The Hall–Kier alpha value is -1.66. The zero-order chi connectivity index (χ0) is 14.0. The molecule has 0 radical (unpaired) electrons. The molecule has 102 valence electrons. The van der Waals surface area contributed by atoms with Crippen LogP contribution < -0.4 is 5.32 Å². The van der Waals surface area contributed by atoms with E-state index in [1.807, 2.05) is 0 Å². The molecule has 0 aliphatic carbocycles. The third-order valence-corrected chi connectivity index (χ3v) is 3.58. The van der Waals surface area contributed by atoms with E-state index in [-0.39, 0.29) is 12.5 Å². The van der Waals surface area contributed by atoms with Crippen molar-refractivity contribution in [2.45, 2.75) is 26.4 Å². The van der Waals surface area contributed by atoms with Crippen LogP contribution in [0, 0.1) is 13.8 Å². The first-order valence-corrected chi connectivity index (χ1v) is 6.72. The normalized spacial score (nSPS) is 14.1. The first kappa shape index (κ1) is 13.8. The van der Waals surface area contributed by atoms with Gasteiger partial charge in [-0.05, 0) is 44.4 Å². The maximum atomic E-state index is 11.9. The molecule has 2 heterocycles. The van der Waals surface area contributed by atoms with E-state index < -0.39 is 5.60 Å². The maximum absolute atomic E-state index is 11.9. The molecule has 2 aromatic rings. The average molecular weight is 280 g/mol. The van der Waals surface area contributed by atoms with E-state index in [0.717, 1.165) is 5.76 Å². The molecule has 1 amide bonds. The minimum absolute atomic E-state index is 0.0775. The lowest BCUT2D eigenvalue weighted by molar-refractivity contribution is 0.0323. The minimum Gasteiger partial charge on any atom is -0.463 e. The SMILES string of the molecule is Cc1ccc(C(C)(O)CNC(=O)c2csnc2C)o1.